The molecule has 2 atom stereocenters. The van der Waals surface area contributed by atoms with Crippen LogP contribution in [-0.4, -0.2) is 19.0 Å². The lowest BCUT2D eigenvalue weighted by molar-refractivity contribution is -0.116. The Balaban J connectivity index is 1.55. The van der Waals surface area contributed by atoms with Crippen LogP contribution in [-0.2, 0) is 4.79 Å². The van der Waals surface area contributed by atoms with Crippen LogP contribution in [0.5, 0.6) is 11.5 Å². The van der Waals surface area contributed by atoms with Gasteiger partial charge in [0.1, 0.15) is 5.82 Å². The van der Waals surface area contributed by atoms with Crippen LogP contribution >= 0.6 is 15.9 Å². The van der Waals surface area contributed by atoms with Crippen molar-refractivity contribution in [1.29, 1.82) is 0 Å². The number of ketones is 1. The number of nitrogens with one attached hydrogen (secondary N) is 2. The van der Waals surface area contributed by atoms with E-state index in [9.17, 15) is 9.18 Å². The summed E-state index contributed by atoms with van der Waals surface area (Å²) in [6.07, 6.45) is 1.05. The molecule has 1 aliphatic heterocycles. The molecule has 0 saturated carbocycles. The molecule has 2 unspecified atom stereocenters. The van der Waals surface area contributed by atoms with Gasteiger partial charge in [0.15, 0.2) is 17.3 Å². The predicted molar refractivity (Wildman–Crippen MR) is 143 cm³/mol. The van der Waals surface area contributed by atoms with Crippen LogP contribution in [0.15, 0.2) is 76.4 Å². The zero-order chi connectivity index (χ0) is 25.4. The Bertz CT molecular complexity index is 1350. The Morgan fingerprint density at radius 3 is 2.44 bits per heavy atom. The second kappa shape index (κ2) is 9.97. The molecule has 1 aliphatic carbocycles. The second-order valence-electron chi connectivity index (χ2n) is 9.42. The van der Waals surface area contributed by atoms with Crippen molar-refractivity contribution in [2.75, 3.05) is 17.7 Å². The van der Waals surface area contributed by atoms with E-state index in [4.69, 9.17) is 9.47 Å². The lowest BCUT2D eigenvalue weighted by atomic mass is 9.78. The van der Waals surface area contributed by atoms with Gasteiger partial charge in [0, 0.05) is 17.7 Å². The van der Waals surface area contributed by atoms with Crippen LogP contribution < -0.4 is 20.1 Å². The van der Waals surface area contributed by atoms with Crippen LogP contribution in [0.2, 0.25) is 0 Å². The molecule has 186 valence electrons. The van der Waals surface area contributed by atoms with Gasteiger partial charge in [-0.25, -0.2) is 4.39 Å². The maximum absolute atomic E-state index is 14.0. The van der Waals surface area contributed by atoms with Crippen molar-refractivity contribution in [3.05, 3.63) is 93.4 Å². The highest BCUT2D eigenvalue weighted by atomic mass is 79.9. The van der Waals surface area contributed by atoms with E-state index in [0.29, 0.717) is 34.4 Å². The minimum absolute atomic E-state index is 0.0170. The van der Waals surface area contributed by atoms with Crippen LogP contribution in [0, 0.1) is 5.82 Å². The molecule has 7 heteroatoms. The fraction of sp³-hybridized carbons (Fsp3) is 0.276. The normalized spacial score (nSPS) is 19.1. The fourth-order valence-corrected chi connectivity index (χ4v) is 5.36. The maximum Gasteiger partial charge on any atom is 0.163 e. The highest BCUT2D eigenvalue weighted by Gasteiger charge is 2.36. The monoisotopic (exact) mass is 550 g/mol. The summed E-state index contributed by atoms with van der Waals surface area (Å²) in [6, 6.07) is 18.3. The molecular weight excluding hydrogens is 523 g/mol. The second-order valence-corrected chi connectivity index (χ2v) is 10.3. The van der Waals surface area contributed by atoms with E-state index < -0.39 is 6.04 Å². The molecule has 5 nitrogen and oxygen atoms in total. The number of benzene rings is 3. The van der Waals surface area contributed by atoms with Crippen molar-refractivity contribution in [2.45, 2.75) is 44.8 Å². The molecule has 0 radical (unpaired) electrons. The fourth-order valence-electron chi connectivity index (χ4n) is 4.96. The molecule has 3 aromatic rings. The average molecular weight is 551 g/mol. The van der Waals surface area contributed by atoms with Gasteiger partial charge in [0.05, 0.1) is 35.1 Å². The summed E-state index contributed by atoms with van der Waals surface area (Å²) < 4.78 is 25.8. The van der Waals surface area contributed by atoms with Gasteiger partial charge in [0.2, 0.25) is 0 Å². The van der Waals surface area contributed by atoms with Crippen molar-refractivity contribution in [3.63, 3.8) is 0 Å². The quantitative estimate of drug-likeness (QED) is 0.347. The van der Waals surface area contributed by atoms with E-state index in [-0.39, 0.29) is 23.6 Å². The van der Waals surface area contributed by atoms with Crippen molar-refractivity contribution < 1.29 is 18.7 Å². The standard InChI is InChI=1S/C29H28BrFN2O3/c1-16(2)36-26-11-9-17(15-27(26)35-3)19-13-24-28(25(34)14-19)29(18-8-10-21(31)20(30)12-18)33-23-7-5-4-6-22(23)32-24/h4-12,15-16,19,29,32-33H,13-14H2,1-3H3. The first-order valence-corrected chi connectivity index (χ1v) is 12.8. The van der Waals surface area contributed by atoms with Crippen molar-refractivity contribution in [2.24, 2.45) is 0 Å². The van der Waals surface area contributed by atoms with Gasteiger partial charge in [0.25, 0.3) is 0 Å². The summed E-state index contributed by atoms with van der Waals surface area (Å²) in [5.74, 6) is 1.04. The largest absolute Gasteiger partial charge is 0.493 e. The van der Waals surface area contributed by atoms with E-state index in [1.165, 1.54) is 6.07 Å². The topological polar surface area (TPSA) is 59.6 Å². The van der Waals surface area contributed by atoms with Crippen molar-refractivity contribution in [1.82, 2.24) is 0 Å². The van der Waals surface area contributed by atoms with E-state index in [2.05, 4.69) is 26.6 Å². The first-order valence-electron chi connectivity index (χ1n) is 12.0. The Hall–Kier alpha value is -3.32. The number of carbonyl (C=O) groups excluding carboxylic acids is 1. The van der Waals surface area contributed by atoms with E-state index in [0.717, 1.165) is 28.2 Å². The molecule has 0 bridgehead atoms. The van der Waals surface area contributed by atoms with E-state index in [1.54, 1.807) is 19.2 Å². The van der Waals surface area contributed by atoms with Crippen molar-refractivity contribution >= 4 is 33.1 Å². The third kappa shape index (κ3) is 4.72. The lowest BCUT2D eigenvalue weighted by Crippen LogP contribution is -2.27. The summed E-state index contributed by atoms with van der Waals surface area (Å²) in [4.78, 5) is 13.7. The average Bonchev–Trinajstić information content (AvgIpc) is 3.02. The number of hydrogen-bond acceptors (Lipinski definition) is 5. The predicted octanol–water partition coefficient (Wildman–Crippen LogP) is 7.36. The number of anilines is 2. The summed E-state index contributed by atoms with van der Waals surface area (Å²) >= 11 is 3.30. The van der Waals surface area contributed by atoms with Gasteiger partial charge >= 0.3 is 0 Å². The number of allylic oxidation sites excluding steroid dienone is 1. The van der Waals surface area contributed by atoms with Gasteiger partial charge in [-0.05, 0) is 89.6 Å². The lowest BCUT2D eigenvalue weighted by Gasteiger charge is -2.30. The summed E-state index contributed by atoms with van der Waals surface area (Å²) in [7, 11) is 1.62. The number of fused-ring (bicyclic) bond motifs is 1. The van der Waals surface area contributed by atoms with Crippen LogP contribution in [0.1, 0.15) is 49.8 Å². The Morgan fingerprint density at radius 2 is 1.72 bits per heavy atom. The molecule has 5 rings (SSSR count). The number of ether oxygens (including phenoxy) is 2. The minimum Gasteiger partial charge on any atom is -0.493 e. The third-order valence-electron chi connectivity index (χ3n) is 6.61. The molecule has 0 spiro atoms. The summed E-state index contributed by atoms with van der Waals surface area (Å²) in [6.45, 7) is 3.95. The number of rotatable bonds is 5. The van der Waals surface area contributed by atoms with Gasteiger partial charge < -0.3 is 20.1 Å². The van der Waals surface area contributed by atoms with Gasteiger partial charge in [-0.3, -0.25) is 4.79 Å². The highest BCUT2D eigenvalue weighted by molar-refractivity contribution is 9.10. The van der Waals surface area contributed by atoms with Gasteiger partial charge in [-0.2, -0.15) is 0 Å². The summed E-state index contributed by atoms with van der Waals surface area (Å²) in [5, 5.41) is 7.07. The Morgan fingerprint density at radius 1 is 0.972 bits per heavy atom. The number of hydrogen-bond donors (Lipinski definition) is 2. The molecule has 2 N–H and O–H groups in total. The Kier molecular flexibility index (Phi) is 6.75. The van der Waals surface area contributed by atoms with Crippen molar-refractivity contribution in [3.8, 4) is 11.5 Å². The third-order valence-corrected chi connectivity index (χ3v) is 7.22. The zero-order valence-electron chi connectivity index (χ0n) is 20.4. The van der Waals surface area contributed by atoms with Gasteiger partial charge in [-0.1, -0.05) is 24.3 Å². The maximum atomic E-state index is 14.0. The molecule has 3 aromatic carbocycles. The number of Topliss-reactive ketones (excluding diaryl/α,β-unsaturated/α-hetero) is 1. The molecule has 1 heterocycles. The molecular formula is C29H28BrFN2O3. The molecule has 0 saturated heterocycles. The number of carbonyl (C=O) groups is 1. The Labute approximate surface area is 218 Å². The molecule has 36 heavy (non-hydrogen) atoms. The van der Waals surface area contributed by atoms with E-state index >= 15 is 0 Å². The summed E-state index contributed by atoms with van der Waals surface area (Å²) in [5.41, 5.74) is 5.20. The van der Waals surface area contributed by atoms with Crippen LogP contribution in [0.4, 0.5) is 15.8 Å². The molecule has 0 amide bonds. The SMILES string of the molecule is COc1cc(C2CC(=O)C3=C(C2)Nc2ccccc2NC3c2ccc(F)c(Br)c2)ccc1OC(C)C. The van der Waals surface area contributed by atoms with Crippen LogP contribution in [0.3, 0.4) is 0 Å². The number of methoxy groups -OCH3 is 1. The van der Waals surface area contributed by atoms with Gasteiger partial charge in [-0.15, -0.1) is 0 Å². The minimum atomic E-state index is -0.405. The first-order chi connectivity index (χ1) is 17.3. The number of halogens is 2. The molecule has 0 fully saturated rings. The smallest absolute Gasteiger partial charge is 0.163 e. The number of para-hydroxylation sites is 2. The van der Waals surface area contributed by atoms with Crippen LogP contribution in [0.25, 0.3) is 0 Å². The highest BCUT2D eigenvalue weighted by Crippen LogP contribution is 2.45. The first kappa shape index (κ1) is 24.4. The van der Waals surface area contributed by atoms with E-state index in [1.807, 2.05) is 56.3 Å². The zero-order valence-corrected chi connectivity index (χ0v) is 22.0. The molecule has 2 aliphatic rings. The molecule has 0 aromatic heterocycles.